The number of nitrogens with one attached hydrogen (secondary N) is 1. The van der Waals surface area contributed by atoms with Crippen molar-refractivity contribution in [3.8, 4) is 5.75 Å². The van der Waals surface area contributed by atoms with Gasteiger partial charge >= 0.3 is 6.09 Å². The third-order valence-electron chi connectivity index (χ3n) is 2.64. The van der Waals surface area contributed by atoms with Crippen molar-refractivity contribution in [3.63, 3.8) is 0 Å². The summed E-state index contributed by atoms with van der Waals surface area (Å²) in [5.74, 6) is -0.402. The van der Waals surface area contributed by atoms with Crippen molar-refractivity contribution in [3.05, 3.63) is 64.2 Å². The zero-order valence-corrected chi connectivity index (χ0v) is 10.9. The Bertz CT molecular complexity index is 658. The van der Waals surface area contributed by atoms with E-state index in [0.29, 0.717) is 0 Å². The van der Waals surface area contributed by atoms with E-state index < -0.39 is 16.8 Å². The van der Waals surface area contributed by atoms with Gasteiger partial charge in [0, 0.05) is 6.07 Å². The van der Waals surface area contributed by atoms with Gasteiger partial charge in [0.05, 0.1) is 16.7 Å². The Morgan fingerprint density at radius 1 is 1.24 bits per heavy atom. The highest BCUT2D eigenvalue weighted by molar-refractivity contribution is 5.86. The number of hydrogen-bond acceptors (Lipinski definition) is 5. The SMILES string of the molecule is O=C(Nc1ccc([N+](=O)[O-])cc1O)OCc1ccccc1. The molecule has 2 N–H and O–H groups in total. The molecule has 0 unspecified atom stereocenters. The number of ether oxygens (including phenoxy) is 1. The number of nitro benzene ring substituents is 1. The fourth-order valence-electron chi connectivity index (χ4n) is 1.61. The van der Waals surface area contributed by atoms with E-state index in [9.17, 15) is 20.0 Å². The topological polar surface area (TPSA) is 102 Å². The normalized spacial score (nSPS) is 9.90. The first kappa shape index (κ1) is 14.3. The number of nitrogens with zero attached hydrogens (tertiary/aromatic N) is 1. The molecule has 0 fully saturated rings. The van der Waals surface area contributed by atoms with Crippen molar-refractivity contribution in [2.45, 2.75) is 6.61 Å². The van der Waals surface area contributed by atoms with E-state index in [0.717, 1.165) is 11.6 Å². The standard InChI is InChI=1S/C14H12N2O5/c17-13-8-11(16(19)20)6-7-12(13)15-14(18)21-9-10-4-2-1-3-5-10/h1-8,17H,9H2,(H,15,18). The minimum atomic E-state index is -0.761. The first-order chi connectivity index (χ1) is 10.1. The van der Waals surface area contributed by atoms with Crippen LogP contribution in [0.4, 0.5) is 16.2 Å². The van der Waals surface area contributed by atoms with Crippen LogP contribution in [-0.2, 0) is 11.3 Å². The molecule has 2 aromatic rings. The third-order valence-corrected chi connectivity index (χ3v) is 2.64. The Balaban J connectivity index is 1.95. The van der Waals surface area contributed by atoms with Crippen LogP contribution in [0.2, 0.25) is 0 Å². The van der Waals surface area contributed by atoms with Crippen molar-refractivity contribution in [1.29, 1.82) is 0 Å². The number of benzene rings is 2. The number of nitro groups is 1. The lowest BCUT2D eigenvalue weighted by Crippen LogP contribution is -2.13. The maximum absolute atomic E-state index is 11.6. The average Bonchev–Trinajstić information content (AvgIpc) is 2.48. The molecular formula is C14H12N2O5. The van der Waals surface area contributed by atoms with Gasteiger partial charge in [0.1, 0.15) is 12.4 Å². The molecule has 0 heterocycles. The van der Waals surface area contributed by atoms with Crippen LogP contribution < -0.4 is 5.32 Å². The number of carbonyl (C=O) groups is 1. The molecule has 0 atom stereocenters. The Labute approximate surface area is 119 Å². The summed E-state index contributed by atoms with van der Waals surface area (Å²) < 4.78 is 4.97. The minimum Gasteiger partial charge on any atom is -0.506 e. The van der Waals surface area contributed by atoms with E-state index in [1.807, 2.05) is 18.2 Å². The second kappa shape index (κ2) is 6.38. The Hall–Kier alpha value is -3.09. The van der Waals surface area contributed by atoms with Crippen LogP contribution in [0.15, 0.2) is 48.5 Å². The molecule has 0 aliphatic rings. The van der Waals surface area contributed by atoms with Gasteiger partial charge in [-0.1, -0.05) is 30.3 Å². The largest absolute Gasteiger partial charge is 0.506 e. The van der Waals surface area contributed by atoms with Gasteiger partial charge in [0.25, 0.3) is 5.69 Å². The summed E-state index contributed by atoms with van der Waals surface area (Å²) in [4.78, 5) is 21.5. The molecule has 0 radical (unpaired) electrons. The van der Waals surface area contributed by atoms with Crippen molar-refractivity contribution < 1.29 is 19.6 Å². The van der Waals surface area contributed by atoms with Crippen LogP contribution in [0.5, 0.6) is 5.75 Å². The lowest BCUT2D eigenvalue weighted by Gasteiger charge is -2.08. The number of non-ortho nitro benzene ring substituents is 1. The molecule has 21 heavy (non-hydrogen) atoms. The summed E-state index contributed by atoms with van der Waals surface area (Å²) >= 11 is 0. The highest BCUT2D eigenvalue weighted by Gasteiger charge is 2.12. The van der Waals surface area contributed by atoms with E-state index >= 15 is 0 Å². The van der Waals surface area contributed by atoms with Gasteiger partial charge in [0.15, 0.2) is 0 Å². The quantitative estimate of drug-likeness (QED) is 0.511. The van der Waals surface area contributed by atoms with Gasteiger partial charge in [-0.25, -0.2) is 4.79 Å². The zero-order chi connectivity index (χ0) is 15.2. The summed E-state index contributed by atoms with van der Waals surface area (Å²) in [5, 5.41) is 22.4. The van der Waals surface area contributed by atoms with Gasteiger partial charge in [-0.3, -0.25) is 15.4 Å². The highest BCUT2D eigenvalue weighted by atomic mass is 16.6. The van der Waals surface area contributed by atoms with Gasteiger partial charge in [-0.2, -0.15) is 0 Å². The molecule has 0 saturated heterocycles. The zero-order valence-electron chi connectivity index (χ0n) is 10.9. The fourth-order valence-corrected chi connectivity index (χ4v) is 1.61. The number of rotatable bonds is 4. The number of carbonyl (C=O) groups excluding carboxylic acids is 1. The Morgan fingerprint density at radius 3 is 2.57 bits per heavy atom. The van der Waals surface area contributed by atoms with Crippen molar-refractivity contribution in [2.75, 3.05) is 5.32 Å². The fraction of sp³-hybridized carbons (Fsp3) is 0.0714. The molecule has 2 rings (SSSR count). The third kappa shape index (κ3) is 3.93. The first-order valence-electron chi connectivity index (χ1n) is 6.01. The van der Waals surface area contributed by atoms with Gasteiger partial charge in [0.2, 0.25) is 0 Å². The maximum Gasteiger partial charge on any atom is 0.412 e. The predicted octanol–water partition coefficient (Wildman–Crippen LogP) is 3.05. The van der Waals surface area contributed by atoms with Crippen LogP contribution in [-0.4, -0.2) is 16.1 Å². The minimum absolute atomic E-state index is 0.0404. The smallest absolute Gasteiger partial charge is 0.412 e. The molecular weight excluding hydrogens is 276 g/mol. The molecule has 7 nitrogen and oxygen atoms in total. The summed E-state index contributed by atoms with van der Waals surface area (Å²) in [5.41, 5.74) is 0.593. The Morgan fingerprint density at radius 2 is 1.95 bits per heavy atom. The molecule has 108 valence electrons. The van der Waals surface area contributed by atoms with Crippen LogP contribution in [0.3, 0.4) is 0 Å². The average molecular weight is 288 g/mol. The van der Waals surface area contributed by atoms with Crippen molar-refractivity contribution in [1.82, 2.24) is 0 Å². The number of amides is 1. The summed E-state index contributed by atoms with van der Waals surface area (Å²) in [6, 6.07) is 12.4. The first-order valence-corrected chi connectivity index (χ1v) is 6.01. The second-order valence-electron chi connectivity index (χ2n) is 4.15. The van der Waals surface area contributed by atoms with Gasteiger partial charge in [-0.05, 0) is 11.6 Å². The summed E-state index contributed by atoms with van der Waals surface area (Å²) in [7, 11) is 0. The van der Waals surface area contributed by atoms with Crippen LogP contribution in [0.25, 0.3) is 0 Å². The highest BCUT2D eigenvalue weighted by Crippen LogP contribution is 2.27. The number of anilines is 1. The lowest BCUT2D eigenvalue weighted by molar-refractivity contribution is -0.384. The summed E-state index contributed by atoms with van der Waals surface area (Å²) in [6.07, 6.45) is -0.761. The van der Waals surface area contributed by atoms with E-state index in [4.69, 9.17) is 4.74 Å². The Kier molecular flexibility index (Phi) is 4.35. The molecule has 0 spiro atoms. The monoisotopic (exact) mass is 288 g/mol. The van der Waals surface area contributed by atoms with Gasteiger partial charge < -0.3 is 9.84 Å². The molecule has 1 amide bonds. The van der Waals surface area contributed by atoms with E-state index in [2.05, 4.69) is 5.32 Å². The van der Waals surface area contributed by atoms with E-state index in [-0.39, 0.29) is 18.0 Å². The van der Waals surface area contributed by atoms with E-state index in [1.54, 1.807) is 12.1 Å². The van der Waals surface area contributed by atoms with Crippen molar-refractivity contribution >= 4 is 17.5 Å². The molecule has 7 heteroatoms. The summed E-state index contributed by atoms with van der Waals surface area (Å²) in [6.45, 7) is 0.0837. The molecule has 0 bridgehead atoms. The number of phenolic OH excluding ortho intramolecular Hbond substituents is 1. The van der Waals surface area contributed by atoms with Crippen LogP contribution in [0.1, 0.15) is 5.56 Å². The number of aromatic hydroxyl groups is 1. The second-order valence-corrected chi connectivity index (χ2v) is 4.15. The lowest BCUT2D eigenvalue weighted by atomic mass is 10.2. The molecule has 0 aliphatic heterocycles. The van der Waals surface area contributed by atoms with Gasteiger partial charge in [-0.15, -0.1) is 0 Å². The predicted molar refractivity (Wildman–Crippen MR) is 75.0 cm³/mol. The molecule has 0 aliphatic carbocycles. The van der Waals surface area contributed by atoms with Crippen LogP contribution >= 0.6 is 0 Å². The van der Waals surface area contributed by atoms with Crippen LogP contribution in [0, 0.1) is 10.1 Å². The van der Waals surface area contributed by atoms with E-state index in [1.165, 1.54) is 12.1 Å². The molecule has 0 saturated carbocycles. The van der Waals surface area contributed by atoms with Crippen molar-refractivity contribution in [2.24, 2.45) is 0 Å². The molecule has 2 aromatic carbocycles. The molecule has 0 aromatic heterocycles. The number of hydrogen-bond donors (Lipinski definition) is 2. The maximum atomic E-state index is 11.6. The number of phenols is 1.